The molecule has 0 aliphatic heterocycles. The topological polar surface area (TPSA) is 9.23 Å². The third-order valence-electron chi connectivity index (χ3n) is 4.32. The number of aryl methyl sites for hydroxylation is 1. The first-order valence-corrected chi connectivity index (χ1v) is 8.51. The first-order chi connectivity index (χ1) is 9.70. The lowest BCUT2D eigenvalue weighted by Gasteiger charge is -2.20. The van der Waals surface area contributed by atoms with E-state index in [9.17, 15) is 0 Å². The fraction of sp³-hybridized carbons (Fsp3) is 0.667. The Bertz CT molecular complexity index is 408. The molecule has 1 nitrogen and oxygen atoms in total. The van der Waals surface area contributed by atoms with E-state index in [0.717, 1.165) is 18.1 Å². The van der Waals surface area contributed by atoms with Crippen molar-refractivity contribution in [2.45, 2.75) is 64.2 Å². The zero-order valence-corrected chi connectivity index (χ0v) is 13.6. The first-order valence-electron chi connectivity index (χ1n) is 8.08. The van der Waals surface area contributed by atoms with Crippen LogP contribution >= 0.6 is 11.6 Å². The molecule has 1 aromatic carbocycles. The van der Waals surface area contributed by atoms with Crippen molar-refractivity contribution >= 4 is 11.6 Å². The summed E-state index contributed by atoms with van der Waals surface area (Å²) in [5.74, 6) is 1.75. The molecular weight excluding hydrogens is 268 g/mol. The molecule has 0 spiro atoms. The Balaban J connectivity index is 2.06. The van der Waals surface area contributed by atoms with Crippen LogP contribution in [0.15, 0.2) is 18.2 Å². The van der Waals surface area contributed by atoms with Crippen LogP contribution in [0.3, 0.4) is 0 Å². The highest BCUT2D eigenvalue weighted by molar-refractivity contribution is 6.21. The lowest BCUT2D eigenvalue weighted by molar-refractivity contribution is 0.333. The van der Waals surface area contributed by atoms with Gasteiger partial charge in [0.25, 0.3) is 0 Å². The molecule has 1 unspecified atom stereocenters. The van der Waals surface area contributed by atoms with Gasteiger partial charge in [-0.15, -0.1) is 11.6 Å². The van der Waals surface area contributed by atoms with E-state index in [-0.39, 0.29) is 5.38 Å². The van der Waals surface area contributed by atoms with Crippen LogP contribution in [0.2, 0.25) is 0 Å². The smallest absolute Gasteiger partial charge is 0.123 e. The van der Waals surface area contributed by atoms with Gasteiger partial charge in [0.15, 0.2) is 0 Å². The molecule has 2 rings (SSSR count). The van der Waals surface area contributed by atoms with Crippen LogP contribution in [-0.4, -0.2) is 6.61 Å². The van der Waals surface area contributed by atoms with Gasteiger partial charge in [-0.05, 0) is 32.3 Å². The zero-order chi connectivity index (χ0) is 14.4. The molecule has 0 amide bonds. The molecule has 1 aliphatic rings. The molecule has 0 aromatic heterocycles. The van der Waals surface area contributed by atoms with Gasteiger partial charge in [-0.2, -0.15) is 0 Å². The largest absolute Gasteiger partial charge is 0.494 e. The number of benzene rings is 1. The Morgan fingerprint density at radius 2 is 1.90 bits per heavy atom. The molecule has 0 radical (unpaired) electrons. The van der Waals surface area contributed by atoms with Crippen molar-refractivity contribution in [3.05, 3.63) is 29.3 Å². The van der Waals surface area contributed by atoms with Gasteiger partial charge in [-0.25, -0.2) is 0 Å². The summed E-state index contributed by atoms with van der Waals surface area (Å²) in [6.45, 7) is 4.84. The fourth-order valence-electron chi connectivity index (χ4n) is 3.22. The number of alkyl halides is 1. The highest BCUT2D eigenvalue weighted by Crippen LogP contribution is 2.38. The highest BCUT2D eigenvalue weighted by Gasteiger charge is 2.20. The summed E-state index contributed by atoms with van der Waals surface area (Å²) in [6, 6.07) is 6.36. The molecule has 1 fully saturated rings. The van der Waals surface area contributed by atoms with E-state index in [0.29, 0.717) is 6.61 Å². The van der Waals surface area contributed by atoms with Crippen LogP contribution in [0.5, 0.6) is 5.75 Å². The first kappa shape index (κ1) is 15.7. The van der Waals surface area contributed by atoms with Crippen LogP contribution in [0.25, 0.3) is 0 Å². The van der Waals surface area contributed by atoms with Crippen LogP contribution in [-0.2, 0) is 0 Å². The molecule has 0 bridgehead atoms. The lowest BCUT2D eigenvalue weighted by atomic mass is 9.92. The summed E-state index contributed by atoms with van der Waals surface area (Å²) in [5, 5.41) is 0.0829. The van der Waals surface area contributed by atoms with E-state index in [4.69, 9.17) is 16.3 Å². The molecule has 0 saturated heterocycles. The third kappa shape index (κ3) is 4.41. The van der Waals surface area contributed by atoms with Gasteiger partial charge in [-0.1, -0.05) is 56.2 Å². The summed E-state index contributed by atoms with van der Waals surface area (Å²) in [7, 11) is 0. The Morgan fingerprint density at radius 3 is 2.55 bits per heavy atom. The molecule has 20 heavy (non-hydrogen) atoms. The zero-order valence-electron chi connectivity index (χ0n) is 12.8. The van der Waals surface area contributed by atoms with E-state index >= 15 is 0 Å². The predicted octanol–water partition coefficient (Wildman–Crippen LogP) is 6.03. The maximum atomic E-state index is 6.73. The maximum absolute atomic E-state index is 6.73. The number of rotatable bonds is 5. The van der Waals surface area contributed by atoms with Gasteiger partial charge in [0.05, 0.1) is 12.0 Å². The Kier molecular flexibility index (Phi) is 6.22. The molecule has 1 aliphatic carbocycles. The van der Waals surface area contributed by atoms with Crippen molar-refractivity contribution in [1.29, 1.82) is 0 Å². The van der Waals surface area contributed by atoms with Gasteiger partial charge in [0.2, 0.25) is 0 Å². The number of hydrogen-bond acceptors (Lipinski definition) is 1. The van der Waals surface area contributed by atoms with Crippen LogP contribution in [0, 0.1) is 12.8 Å². The molecular formula is C18H27ClO. The summed E-state index contributed by atoms with van der Waals surface area (Å²) < 4.78 is 5.74. The van der Waals surface area contributed by atoms with Gasteiger partial charge in [0, 0.05) is 5.56 Å². The molecule has 1 saturated carbocycles. The van der Waals surface area contributed by atoms with E-state index in [1.54, 1.807) is 0 Å². The van der Waals surface area contributed by atoms with Crippen molar-refractivity contribution in [3.8, 4) is 5.75 Å². The van der Waals surface area contributed by atoms with Crippen LogP contribution in [0.1, 0.15) is 68.4 Å². The van der Waals surface area contributed by atoms with E-state index in [1.807, 2.05) is 6.92 Å². The number of hydrogen-bond donors (Lipinski definition) is 0. The second-order valence-corrected chi connectivity index (χ2v) is 6.56. The molecule has 1 aromatic rings. The number of ether oxygens (including phenoxy) is 1. The summed E-state index contributed by atoms with van der Waals surface area (Å²) in [5.41, 5.74) is 2.44. The van der Waals surface area contributed by atoms with Gasteiger partial charge in [0.1, 0.15) is 5.75 Å². The maximum Gasteiger partial charge on any atom is 0.123 e. The molecule has 2 heteroatoms. The summed E-state index contributed by atoms with van der Waals surface area (Å²) in [6.07, 6.45) is 9.33. The Morgan fingerprint density at radius 1 is 1.20 bits per heavy atom. The SMILES string of the molecule is CCOc1ccc(C)cc1C(Cl)CC1CCCCCC1. The van der Waals surface area contributed by atoms with E-state index in [1.165, 1.54) is 49.7 Å². The van der Waals surface area contributed by atoms with Crippen molar-refractivity contribution < 1.29 is 4.74 Å². The van der Waals surface area contributed by atoms with Crippen molar-refractivity contribution in [3.63, 3.8) is 0 Å². The number of halogens is 1. The van der Waals surface area contributed by atoms with Crippen molar-refractivity contribution in [1.82, 2.24) is 0 Å². The minimum absolute atomic E-state index is 0.0829. The molecule has 0 N–H and O–H groups in total. The van der Waals surface area contributed by atoms with Gasteiger partial charge in [-0.3, -0.25) is 0 Å². The minimum Gasteiger partial charge on any atom is -0.494 e. The van der Waals surface area contributed by atoms with Gasteiger partial charge >= 0.3 is 0 Å². The summed E-state index contributed by atoms with van der Waals surface area (Å²) >= 11 is 6.73. The van der Waals surface area contributed by atoms with Gasteiger partial charge < -0.3 is 4.74 Å². The average Bonchev–Trinajstić information content (AvgIpc) is 2.69. The highest BCUT2D eigenvalue weighted by atomic mass is 35.5. The average molecular weight is 295 g/mol. The fourth-order valence-corrected chi connectivity index (χ4v) is 3.64. The van der Waals surface area contributed by atoms with Crippen molar-refractivity contribution in [2.75, 3.05) is 6.61 Å². The van der Waals surface area contributed by atoms with Crippen LogP contribution < -0.4 is 4.74 Å². The quantitative estimate of drug-likeness (QED) is 0.475. The predicted molar refractivity (Wildman–Crippen MR) is 86.8 cm³/mol. The van der Waals surface area contributed by atoms with Crippen LogP contribution in [0.4, 0.5) is 0 Å². The Hall–Kier alpha value is -0.690. The standard InChI is InChI=1S/C18H27ClO/c1-3-20-18-11-10-14(2)12-16(18)17(19)13-15-8-6-4-5-7-9-15/h10-12,15,17H,3-9,13H2,1-2H3. The molecule has 1 atom stereocenters. The summed E-state index contributed by atoms with van der Waals surface area (Å²) in [4.78, 5) is 0. The molecule has 0 heterocycles. The normalized spacial score (nSPS) is 18.6. The second-order valence-electron chi connectivity index (χ2n) is 6.04. The second kappa shape index (κ2) is 7.93. The third-order valence-corrected chi connectivity index (χ3v) is 4.73. The minimum atomic E-state index is 0.0829. The Labute approximate surface area is 128 Å². The lowest BCUT2D eigenvalue weighted by Crippen LogP contribution is -2.06. The van der Waals surface area contributed by atoms with E-state index in [2.05, 4.69) is 25.1 Å². The monoisotopic (exact) mass is 294 g/mol. The van der Waals surface area contributed by atoms with E-state index < -0.39 is 0 Å². The molecule has 112 valence electrons. The van der Waals surface area contributed by atoms with Crippen molar-refractivity contribution in [2.24, 2.45) is 5.92 Å².